The molecule has 0 saturated carbocycles. The highest BCUT2D eigenvalue weighted by molar-refractivity contribution is 5.97. The first kappa shape index (κ1) is 9.83. The predicted molar refractivity (Wildman–Crippen MR) is 50.8 cm³/mol. The van der Waals surface area contributed by atoms with Crippen LogP contribution in [0.3, 0.4) is 0 Å². The maximum Gasteiger partial charge on any atom is 0.197 e. The molecule has 0 aliphatic rings. The smallest absolute Gasteiger partial charge is 0.197 e. The van der Waals surface area contributed by atoms with Gasteiger partial charge in [-0.15, -0.1) is 0 Å². The van der Waals surface area contributed by atoms with E-state index in [2.05, 4.69) is 0 Å². The molecule has 0 unspecified atom stereocenters. The summed E-state index contributed by atoms with van der Waals surface area (Å²) in [5, 5.41) is 0.00630. The van der Waals surface area contributed by atoms with Gasteiger partial charge in [-0.3, -0.25) is 4.79 Å². The van der Waals surface area contributed by atoms with E-state index in [0.29, 0.717) is 0 Å². The Morgan fingerprint density at radius 3 is 2.60 bits per heavy atom. The number of ketones is 1. The number of hydrogen-bond acceptors (Lipinski definition) is 2. The molecule has 0 spiro atoms. The summed E-state index contributed by atoms with van der Waals surface area (Å²) in [4.78, 5) is 11.3. The van der Waals surface area contributed by atoms with E-state index < -0.39 is 11.6 Å². The summed E-state index contributed by atoms with van der Waals surface area (Å²) in [6.07, 6.45) is 0.239. The number of Topliss-reactive ketones (excluding diaryl/α,β-unsaturated/α-hetero) is 1. The molecule has 0 atom stereocenters. The van der Waals surface area contributed by atoms with Crippen LogP contribution >= 0.6 is 0 Å². The summed E-state index contributed by atoms with van der Waals surface area (Å²) in [5.74, 6) is -1.53. The maximum atomic E-state index is 13.2. The molecule has 0 aliphatic heterocycles. The van der Waals surface area contributed by atoms with Crippen molar-refractivity contribution in [3.05, 3.63) is 35.6 Å². The van der Waals surface area contributed by atoms with Gasteiger partial charge in [0.25, 0.3) is 0 Å². The normalized spacial score (nSPS) is 10.9. The Balaban J connectivity index is 2.70. The second-order valence-corrected chi connectivity index (χ2v) is 3.16. The molecule has 15 heavy (non-hydrogen) atoms. The van der Waals surface area contributed by atoms with Crippen LogP contribution < -0.4 is 0 Å². The molecule has 0 N–H and O–H groups in total. The first-order chi connectivity index (χ1) is 7.13. The van der Waals surface area contributed by atoms with Gasteiger partial charge in [-0.2, -0.15) is 0 Å². The van der Waals surface area contributed by atoms with E-state index in [1.807, 2.05) is 0 Å². The van der Waals surface area contributed by atoms with Crippen molar-refractivity contribution >= 4 is 16.8 Å². The Morgan fingerprint density at radius 2 is 2.00 bits per heavy atom. The van der Waals surface area contributed by atoms with Gasteiger partial charge < -0.3 is 4.42 Å². The quantitative estimate of drug-likeness (QED) is 0.712. The van der Waals surface area contributed by atoms with E-state index in [9.17, 15) is 13.6 Å². The van der Waals surface area contributed by atoms with Gasteiger partial charge in [-0.25, -0.2) is 8.78 Å². The van der Waals surface area contributed by atoms with Gasteiger partial charge in [0.05, 0.1) is 5.39 Å². The highest BCUT2D eigenvalue weighted by Gasteiger charge is 2.15. The summed E-state index contributed by atoms with van der Waals surface area (Å²) in [6, 6.07) is 3.22. The van der Waals surface area contributed by atoms with Crippen LogP contribution in [0.25, 0.3) is 11.0 Å². The van der Waals surface area contributed by atoms with E-state index >= 15 is 0 Å². The van der Waals surface area contributed by atoms with Crippen LogP contribution in [0.1, 0.15) is 23.9 Å². The van der Waals surface area contributed by atoms with Gasteiger partial charge in [-0.1, -0.05) is 6.92 Å². The van der Waals surface area contributed by atoms with Crippen LogP contribution in [-0.2, 0) is 0 Å². The van der Waals surface area contributed by atoms with Crippen LogP contribution in [0, 0.1) is 11.6 Å². The maximum absolute atomic E-state index is 13.2. The summed E-state index contributed by atoms with van der Waals surface area (Å²) >= 11 is 0. The second kappa shape index (κ2) is 3.46. The topological polar surface area (TPSA) is 30.2 Å². The lowest BCUT2D eigenvalue weighted by molar-refractivity contribution is 0.0963. The first-order valence-electron chi connectivity index (χ1n) is 4.54. The van der Waals surface area contributed by atoms with Gasteiger partial charge in [0, 0.05) is 6.42 Å². The Morgan fingerprint density at radius 1 is 1.33 bits per heavy atom. The zero-order valence-corrected chi connectivity index (χ0v) is 8.01. The van der Waals surface area contributed by atoms with Gasteiger partial charge in [0.1, 0.15) is 5.82 Å². The van der Waals surface area contributed by atoms with Crippen LogP contribution in [0.4, 0.5) is 8.78 Å². The van der Waals surface area contributed by atoms with Crippen LogP contribution in [0.5, 0.6) is 0 Å². The van der Waals surface area contributed by atoms with Gasteiger partial charge in [0.15, 0.2) is 22.9 Å². The molecule has 1 heterocycles. The average Bonchev–Trinajstić information content (AvgIpc) is 2.68. The number of carbonyl (C=O) groups excluding carboxylic acids is 1. The third kappa shape index (κ3) is 1.52. The number of halogens is 2. The molecule has 2 rings (SSSR count). The molecule has 78 valence electrons. The molecule has 0 bridgehead atoms. The SMILES string of the molecule is CCC(=O)c1cc2c(F)ccc(F)c2o1. The van der Waals surface area contributed by atoms with Crippen LogP contribution in [0.15, 0.2) is 22.6 Å². The van der Waals surface area contributed by atoms with Crippen molar-refractivity contribution in [2.75, 3.05) is 0 Å². The minimum atomic E-state index is -0.665. The summed E-state index contributed by atoms with van der Waals surface area (Å²) < 4.78 is 31.4. The Hall–Kier alpha value is -1.71. The fourth-order valence-corrected chi connectivity index (χ4v) is 1.37. The summed E-state index contributed by atoms with van der Waals surface area (Å²) in [5.41, 5.74) is -0.202. The lowest BCUT2D eigenvalue weighted by Crippen LogP contribution is -1.92. The predicted octanol–water partition coefficient (Wildman–Crippen LogP) is 3.30. The molecule has 0 radical (unpaired) electrons. The fraction of sp³-hybridized carbons (Fsp3) is 0.182. The number of carbonyl (C=O) groups is 1. The monoisotopic (exact) mass is 210 g/mol. The van der Waals surface area contributed by atoms with Crippen molar-refractivity contribution in [3.63, 3.8) is 0 Å². The van der Waals surface area contributed by atoms with Gasteiger partial charge in [0.2, 0.25) is 0 Å². The summed E-state index contributed by atoms with van der Waals surface area (Å²) in [7, 11) is 0. The molecule has 0 aliphatic carbocycles. The molecule has 4 heteroatoms. The molecule has 1 aromatic heterocycles. The Bertz CT molecular complexity index is 490. The van der Waals surface area contributed by atoms with Crippen molar-refractivity contribution in [2.45, 2.75) is 13.3 Å². The fourth-order valence-electron chi connectivity index (χ4n) is 1.37. The zero-order chi connectivity index (χ0) is 11.0. The molecule has 1 aromatic carbocycles. The van der Waals surface area contributed by atoms with Gasteiger partial charge >= 0.3 is 0 Å². The summed E-state index contributed by atoms with van der Waals surface area (Å²) in [6.45, 7) is 1.65. The van der Waals surface area contributed by atoms with E-state index in [4.69, 9.17) is 4.42 Å². The zero-order valence-electron chi connectivity index (χ0n) is 8.01. The lowest BCUT2D eigenvalue weighted by Gasteiger charge is -1.91. The highest BCUT2D eigenvalue weighted by Crippen LogP contribution is 2.25. The van der Waals surface area contributed by atoms with E-state index in [1.165, 1.54) is 6.07 Å². The Labute approximate surface area is 84.5 Å². The largest absolute Gasteiger partial charge is 0.450 e. The van der Waals surface area contributed by atoms with Gasteiger partial charge in [-0.05, 0) is 18.2 Å². The highest BCUT2D eigenvalue weighted by atomic mass is 19.1. The lowest BCUT2D eigenvalue weighted by atomic mass is 10.2. The first-order valence-corrected chi connectivity index (χ1v) is 4.54. The number of rotatable bonds is 2. The van der Waals surface area contributed by atoms with Crippen LogP contribution in [-0.4, -0.2) is 5.78 Å². The standard InChI is InChI=1S/C11H8F2O2/c1-2-9(14)10-5-6-7(12)3-4-8(13)11(6)15-10/h3-5H,2H2,1H3. The molecule has 0 amide bonds. The van der Waals surface area contributed by atoms with Crippen molar-refractivity contribution in [3.8, 4) is 0 Å². The third-order valence-corrected chi connectivity index (χ3v) is 2.18. The van der Waals surface area contributed by atoms with E-state index in [-0.39, 0.29) is 28.9 Å². The van der Waals surface area contributed by atoms with E-state index in [1.54, 1.807) is 6.92 Å². The number of hydrogen-bond donors (Lipinski definition) is 0. The second-order valence-electron chi connectivity index (χ2n) is 3.16. The molecule has 0 saturated heterocycles. The molecular weight excluding hydrogens is 202 g/mol. The van der Waals surface area contributed by atoms with Crippen LogP contribution in [0.2, 0.25) is 0 Å². The Kier molecular flexibility index (Phi) is 2.26. The van der Waals surface area contributed by atoms with Crippen molar-refractivity contribution in [1.29, 1.82) is 0 Å². The minimum Gasteiger partial charge on any atom is -0.450 e. The van der Waals surface area contributed by atoms with Crippen molar-refractivity contribution in [1.82, 2.24) is 0 Å². The molecular formula is C11H8F2O2. The molecule has 2 nitrogen and oxygen atoms in total. The van der Waals surface area contributed by atoms with Crippen molar-refractivity contribution in [2.24, 2.45) is 0 Å². The number of fused-ring (bicyclic) bond motifs is 1. The average molecular weight is 210 g/mol. The molecule has 2 aromatic rings. The van der Waals surface area contributed by atoms with E-state index in [0.717, 1.165) is 12.1 Å². The molecule has 0 fully saturated rings. The number of furan rings is 1. The minimum absolute atomic E-state index is 0.00324. The number of benzene rings is 1. The van der Waals surface area contributed by atoms with Crippen molar-refractivity contribution < 1.29 is 18.0 Å². The third-order valence-electron chi connectivity index (χ3n) is 2.18.